The van der Waals surface area contributed by atoms with Crippen LogP contribution >= 0.6 is 0 Å². The summed E-state index contributed by atoms with van der Waals surface area (Å²) in [6, 6.07) is 7.96. The van der Waals surface area contributed by atoms with Crippen LogP contribution in [0.25, 0.3) is 0 Å². The third kappa shape index (κ3) is 7.64. The number of nitrogen functional groups attached to an aromatic ring is 1. The van der Waals surface area contributed by atoms with Gasteiger partial charge in [-0.25, -0.2) is 4.79 Å². The molecule has 0 radical (unpaired) electrons. The van der Waals surface area contributed by atoms with Crippen molar-refractivity contribution < 1.29 is 9.90 Å². The van der Waals surface area contributed by atoms with Crippen molar-refractivity contribution in [3.63, 3.8) is 0 Å². The molecule has 16 heavy (non-hydrogen) atoms. The van der Waals surface area contributed by atoms with Gasteiger partial charge in [-0.2, -0.15) is 0 Å². The van der Waals surface area contributed by atoms with Crippen LogP contribution in [0.1, 0.15) is 18.9 Å². The summed E-state index contributed by atoms with van der Waals surface area (Å²) in [5.74, 6) is 0. The molecule has 1 aromatic carbocycles. The molecular formula is C11H19N3O2. The molecular weight excluding hydrogens is 206 g/mol. The zero-order valence-corrected chi connectivity index (χ0v) is 9.44. The molecule has 0 fully saturated rings. The Hall–Kier alpha value is -1.75. The van der Waals surface area contributed by atoms with Crippen LogP contribution in [0.4, 0.5) is 10.5 Å². The fourth-order valence-electron chi connectivity index (χ4n) is 1.10. The number of hydrogen-bond acceptors (Lipinski definition) is 3. The van der Waals surface area contributed by atoms with E-state index in [0.29, 0.717) is 0 Å². The predicted molar refractivity (Wildman–Crippen MR) is 65.1 cm³/mol. The molecule has 0 aromatic heterocycles. The Morgan fingerprint density at radius 1 is 1.44 bits per heavy atom. The van der Waals surface area contributed by atoms with Crippen molar-refractivity contribution in [2.75, 3.05) is 12.3 Å². The van der Waals surface area contributed by atoms with Gasteiger partial charge in [-0.05, 0) is 24.6 Å². The highest BCUT2D eigenvalue weighted by molar-refractivity contribution is 5.61. The highest BCUT2D eigenvalue weighted by atomic mass is 16.4. The lowest BCUT2D eigenvalue weighted by Crippen LogP contribution is -2.14. The number of carbonyl (C=O) groups is 1. The summed E-state index contributed by atoms with van der Waals surface area (Å²) in [5, 5.41) is 10.5. The summed E-state index contributed by atoms with van der Waals surface area (Å²) in [7, 11) is 0. The van der Waals surface area contributed by atoms with Crippen molar-refractivity contribution >= 4 is 11.8 Å². The molecule has 0 aliphatic rings. The number of nitrogens with one attached hydrogen (secondary N) is 1. The first-order valence-electron chi connectivity index (χ1n) is 5.10. The molecule has 5 heteroatoms. The van der Waals surface area contributed by atoms with E-state index < -0.39 is 6.09 Å². The first kappa shape index (κ1) is 14.2. The third-order valence-corrected chi connectivity index (χ3v) is 1.80. The Kier molecular flexibility index (Phi) is 7.61. The maximum absolute atomic E-state index is 8.78. The molecule has 1 amide bonds. The van der Waals surface area contributed by atoms with Crippen molar-refractivity contribution in [3.05, 3.63) is 29.8 Å². The van der Waals surface area contributed by atoms with Crippen LogP contribution in [0.2, 0.25) is 0 Å². The quantitative estimate of drug-likeness (QED) is 0.459. The normalized spacial score (nSPS) is 9.06. The van der Waals surface area contributed by atoms with Crippen molar-refractivity contribution in [1.82, 2.24) is 5.32 Å². The average Bonchev–Trinajstić information content (AvgIpc) is 2.20. The van der Waals surface area contributed by atoms with Gasteiger partial charge in [0, 0.05) is 12.2 Å². The molecule has 6 N–H and O–H groups in total. The standard InChI is InChI=1S/C10H16N2.CH3NO2/c1-2-7-12-8-9-5-3-4-6-10(9)11;2-1(3)4/h3-6,12H,2,7-8,11H2,1H3;2H2,(H,3,4). The second kappa shape index (κ2) is 8.55. The molecule has 0 heterocycles. The molecule has 0 spiro atoms. The lowest BCUT2D eigenvalue weighted by molar-refractivity contribution is 0.205. The fourth-order valence-corrected chi connectivity index (χ4v) is 1.10. The lowest BCUT2D eigenvalue weighted by Gasteiger charge is -2.05. The fraction of sp³-hybridized carbons (Fsp3) is 0.364. The van der Waals surface area contributed by atoms with Crippen molar-refractivity contribution in [3.8, 4) is 0 Å². The van der Waals surface area contributed by atoms with Gasteiger partial charge in [0.15, 0.2) is 0 Å². The number of hydrogen-bond donors (Lipinski definition) is 4. The van der Waals surface area contributed by atoms with Crippen molar-refractivity contribution in [2.45, 2.75) is 19.9 Å². The molecule has 90 valence electrons. The largest absolute Gasteiger partial charge is 0.465 e. The Morgan fingerprint density at radius 2 is 2.00 bits per heavy atom. The summed E-state index contributed by atoms with van der Waals surface area (Å²) in [6.45, 7) is 4.08. The van der Waals surface area contributed by atoms with Crippen LogP contribution in [-0.4, -0.2) is 17.7 Å². The Balaban J connectivity index is 0.000000487. The maximum Gasteiger partial charge on any atom is 0.402 e. The first-order chi connectivity index (χ1) is 7.57. The summed E-state index contributed by atoms with van der Waals surface area (Å²) >= 11 is 0. The molecule has 0 saturated heterocycles. The van der Waals surface area contributed by atoms with E-state index in [1.54, 1.807) is 0 Å². The van der Waals surface area contributed by atoms with Gasteiger partial charge in [0.1, 0.15) is 0 Å². The van der Waals surface area contributed by atoms with Crippen LogP contribution < -0.4 is 16.8 Å². The summed E-state index contributed by atoms with van der Waals surface area (Å²) in [4.78, 5) is 8.78. The number of anilines is 1. The minimum Gasteiger partial charge on any atom is -0.465 e. The zero-order chi connectivity index (χ0) is 12.4. The minimum absolute atomic E-state index is 0.876. The van der Waals surface area contributed by atoms with Crippen molar-refractivity contribution in [1.29, 1.82) is 0 Å². The molecule has 0 aliphatic carbocycles. The summed E-state index contributed by atoms with van der Waals surface area (Å²) in [6.07, 6.45) is -0.174. The smallest absolute Gasteiger partial charge is 0.402 e. The van der Waals surface area contributed by atoms with E-state index in [4.69, 9.17) is 15.6 Å². The molecule has 0 aliphatic heterocycles. The molecule has 0 atom stereocenters. The van der Waals surface area contributed by atoms with Gasteiger partial charge in [0.05, 0.1) is 0 Å². The number of benzene rings is 1. The summed E-state index contributed by atoms with van der Waals surface area (Å²) in [5.41, 5.74) is 11.9. The van der Waals surface area contributed by atoms with E-state index in [2.05, 4.69) is 24.0 Å². The van der Waals surface area contributed by atoms with E-state index in [-0.39, 0.29) is 0 Å². The lowest BCUT2D eigenvalue weighted by atomic mass is 10.2. The van der Waals surface area contributed by atoms with Crippen LogP contribution in [0.15, 0.2) is 24.3 Å². The zero-order valence-electron chi connectivity index (χ0n) is 9.44. The Morgan fingerprint density at radius 3 is 2.50 bits per heavy atom. The van der Waals surface area contributed by atoms with Crippen molar-refractivity contribution in [2.24, 2.45) is 5.73 Å². The summed E-state index contributed by atoms with van der Waals surface area (Å²) < 4.78 is 0. The van der Waals surface area contributed by atoms with Crippen LogP contribution in [0.5, 0.6) is 0 Å². The van der Waals surface area contributed by atoms with E-state index in [1.807, 2.05) is 18.2 Å². The number of para-hydroxylation sites is 1. The minimum atomic E-state index is -1.33. The molecule has 0 unspecified atom stereocenters. The Bertz CT molecular complexity index is 312. The molecule has 1 rings (SSSR count). The van der Waals surface area contributed by atoms with Crippen LogP contribution in [-0.2, 0) is 6.54 Å². The van der Waals surface area contributed by atoms with E-state index >= 15 is 0 Å². The average molecular weight is 225 g/mol. The number of primary amides is 1. The Labute approximate surface area is 95.4 Å². The monoisotopic (exact) mass is 225 g/mol. The van der Waals surface area contributed by atoms with Crippen LogP contribution in [0.3, 0.4) is 0 Å². The van der Waals surface area contributed by atoms with E-state index in [0.717, 1.165) is 25.2 Å². The van der Waals surface area contributed by atoms with Gasteiger partial charge in [0.2, 0.25) is 0 Å². The SMILES string of the molecule is CCCNCc1ccccc1N.NC(=O)O. The topological polar surface area (TPSA) is 101 Å². The van der Waals surface area contributed by atoms with Crippen LogP contribution in [0, 0.1) is 0 Å². The second-order valence-electron chi connectivity index (χ2n) is 3.21. The van der Waals surface area contributed by atoms with Gasteiger partial charge in [-0.3, -0.25) is 0 Å². The highest BCUT2D eigenvalue weighted by Crippen LogP contribution is 2.09. The number of amides is 1. The van der Waals surface area contributed by atoms with Gasteiger partial charge >= 0.3 is 6.09 Å². The number of nitrogens with two attached hydrogens (primary N) is 2. The van der Waals surface area contributed by atoms with Gasteiger partial charge in [-0.1, -0.05) is 25.1 Å². The van der Waals surface area contributed by atoms with Gasteiger partial charge < -0.3 is 21.9 Å². The van der Waals surface area contributed by atoms with Gasteiger partial charge in [0.25, 0.3) is 0 Å². The first-order valence-corrected chi connectivity index (χ1v) is 5.10. The predicted octanol–water partition coefficient (Wildman–Crippen LogP) is 1.39. The molecule has 0 bridgehead atoms. The molecule has 0 saturated carbocycles. The number of rotatable bonds is 4. The van der Waals surface area contributed by atoms with E-state index in [1.165, 1.54) is 5.56 Å². The third-order valence-electron chi connectivity index (χ3n) is 1.80. The van der Waals surface area contributed by atoms with Gasteiger partial charge in [-0.15, -0.1) is 0 Å². The second-order valence-corrected chi connectivity index (χ2v) is 3.21. The van der Waals surface area contributed by atoms with E-state index in [9.17, 15) is 0 Å². The maximum atomic E-state index is 8.78. The molecule has 1 aromatic rings. The number of carboxylic acid groups (broad SMARTS) is 1. The highest BCUT2D eigenvalue weighted by Gasteiger charge is 1.94. The molecule has 5 nitrogen and oxygen atoms in total.